The summed E-state index contributed by atoms with van der Waals surface area (Å²) in [7, 11) is 0. The minimum atomic E-state index is -0.364. The highest BCUT2D eigenvalue weighted by atomic mass is 16.5. The third-order valence-electron chi connectivity index (χ3n) is 5.03. The highest BCUT2D eigenvalue weighted by Crippen LogP contribution is 2.28. The predicted octanol–water partition coefficient (Wildman–Crippen LogP) is 1.58. The number of hydrogen-bond acceptors (Lipinski definition) is 4. The number of amides is 2. The molecule has 2 amide bonds. The van der Waals surface area contributed by atoms with Crippen molar-refractivity contribution in [2.24, 2.45) is 0 Å². The number of nitrogens with one attached hydrogen (secondary N) is 1. The van der Waals surface area contributed by atoms with Gasteiger partial charge in [0.25, 0.3) is 0 Å². The maximum Gasteiger partial charge on any atom is 0.245 e. The molecule has 2 fully saturated rings. The van der Waals surface area contributed by atoms with Gasteiger partial charge in [0, 0.05) is 25.7 Å². The van der Waals surface area contributed by atoms with Crippen LogP contribution in [0, 0.1) is 0 Å². The molecular weight excluding hydrogens is 330 g/mol. The molecule has 26 heavy (non-hydrogen) atoms. The molecule has 2 aliphatic heterocycles. The van der Waals surface area contributed by atoms with Gasteiger partial charge in [-0.25, -0.2) is 0 Å². The van der Waals surface area contributed by atoms with Crippen molar-refractivity contribution in [2.45, 2.75) is 44.8 Å². The Morgan fingerprint density at radius 2 is 1.81 bits per heavy atom. The van der Waals surface area contributed by atoms with Gasteiger partial charge in [0.1, 0.15) is 12.1 Å². The van der Waals surface area contributed by atoms with E-state index in [1.807, 2.05) is 44.2 Å². The Kier molecular flexibility index (Phi) is 6.27. The van der Waals surface area contributed by atoms with Crippen LogP contribution in [0.2, 0.25) is 0 Å². The van der Waals surface area contributed by atoms with Gasteiger partial charge in [-0.15, -0.1) is 0 Å². The standard InChI is InChI=1S/C20H29N3O3/c1-15(2)21-19(24)17-9-6-10-23(17)20(25)18(16-7-4-3-5-8-16)22-11-13-26-14-12-22/h3-5,7-8,15,17-18H,6,9-14H2,1-2H3,(H,21,24). The van der Waals surface area contributed by atoms with E-state index >= 15 is 0 Å². The Hall–Kier alpha value is -1.92. The third-order valence-corrected chi connectivity index (χ3v) is 5.03. The van der Waals surface area contributed by atoms with Gasteiger partial charge in [0.05, 0.1) is 13.2 Å². The molecule has 1 aromatic carbocycles. The summed E-state index contributed by atoms with van der Waals surface area (Å²) >= 11 is 0. The number of carbonyl (C=O) groups excluding carboxylic acids is 2. The minimum absolute atomic E-state index is 0.0273. The molecule has 2 saturated heterocycles. The van der Waals surface area contributed by atoms with Crippen LogP contribution in [-0.4, -0.2) is 66.5 Å². The van der Waals surface area contributed by atoms with E-state index in [0.717, 1.165) is 31.5 Å². The van der Waals surface area contributed by atoms with Crippen LogP contribution >= 0.6 is 0 Å². The molecule has 0 radical (unpaired) electrons. The molecule has 1 aromatic rings. The summed E-state index contributed by atoms with van der Waals surface area (Å²) in [5, 5.41) is 2.96. The molecule has 0 bridgehead atoms. The molecule has 1 N–H and O–H groups in total. The molecule has 2 aliphatic rings. The molecule has 0 spiro atoms. The topological polar surface area (TPSA) is 61.9 Å². The first kappa shape index (κ1) is 18.9. The van der Waals surface area contributed by atoms with Crippen LogP contribution in [0.25, 0.3) is 0 Å². The van der Waals surface area contributed by atoms with Gasteiger partial charge >= 0.3 is 0 Å². The summed E-state index contributed by atoms with van der Waals surface area (Å²) < 4.78 is 5.46. The monoisotopic (exact) mass is 359 g/mol. The first-order valence-corrected chi connectivity index (χ1v) is 9.55. The van der Waals surface area contributed by atoms with Crippen LogP contribution in [-0.2, 0) is 14.3 Å². The van der Waals surface area contributed by atoms with Crippen molar-refractivity contribution < 1.29 is 14.3 Å². The van der Waals surface area contributed by atoms with E-state index in [1.54, 1.807) is 4.90 Å². The van der Waals surface area contributed by atoms with Crippen LogP contribution in [0.3, 0.4) is 0 Å². The molecule has 2 atom stereocenters. The van der Waals surface area contributed by atoms with Crippen molar-refractivity contribution >= 4 is 11.8 Å². The van der Waals surface area contributed by atoms with Crippen LogP contribution < -0.4 is 5.32 Å². The molecule has 142 valence electrons. The number of ether oxygens (including phenoxy) is 1. The fraction of sp³-hybridized carbons (Fsp3) is 0.600. The zero-order chi connectivity index (χ0) is 18.5. The molecule has 6 nitrogen and oxygen atoms in total. The van der Waals surface area contributed by atoms with E-state index in [9.17, 15) is 9.59 Å². The van der Waals surface area contributed by atoms with Gasteiger partial charge < -0.3 is 15.0 Å². The average Bonchev–Trinajstić information content (AvgIpc) is 3.13. The van der Waals surface area contributed by atoms with Crippen molar-refractivity contribution in [3.05, 3.63) is 35.9 Å². The van der Waals surface area contributed by atoms with E-state index < -0.39 is 0 Å². The molecule has 3 rings (SSSR count). The average molecular weight is 359 g/mol. The fourth-order valence-corrected chi connectivity index (χ4v) is 3.82. The van der Waals surface area contributed by atoms with Gasteiger partial charge in [-0.05, 0) is 32.3 Å². The van der Waals surface area contributed by atoms with Crippen molar-refractivity contribution in [3.8, 4) is 0 Å². The van der Waals surface area contributed by atoms with Crippen molar-refractivity contribution in [1.82, 2.24) is 15.1 Å². The first-order chi connectivity index (χ1) is 12.6. The van der Waals surface area contributed by atoms with E-state index in [-0.39, 0.29) is 29.9 Å². The summed E-state index contributed by atoms with van der Waals surface area (Å²) in [5.41, 5.74) is 0.981. The molecule has 6 heteroatoms. The number of benzene rings is 1. The van der Waals surface area contributed by atoms with Gasteiger partial charge in [0.15, 0.2) is 0 Å². The van der Waals surface area contributed by atoms with E-state index in [4.69, 9.17) is 4.74 Å². The summed E-state index contributed by atoms with van der Waals surface area (Å²) in [6, 6.07) is 9.23. The van der Waals surface area contributed by atoms with Crippen LogP contribution in [0.15, 0.2) is 30.3 Å². The second-order valence-corrected chi connectivity index (χ2v) is 7.31. The summed E-state index contributed by atoms with van der Waals surface area (Å²) in [6.45, 7) is 7.24. The van der Waals surface area contributed by atoms with E-state index in [2.05, 4.69) is 10.2 Å². The Morgan fingerprint density at radius 1 is 1.12 bits per heavy atom. The Labute approximate surface area is 155 Å². The Morgan fingerprint density at radius 3 is 2.46 bits per heavy atom. The van der Waals surface area contributed by atoms with Gasteiger partial charge in [-0.2, -0.15) is 0 Å². The molecule has 2 unspecified atom stereocenters. The van der Waals surface area contributed by atoms with E-state index in [1.165, 1.54) is 0 Å². The zero-order valence-electron chi connectivity index (χ0n) is 15.7. The maximum atomic E-state index is 13.5. The van der Waals surface area contributed by atoms with Crippen molar-refractivity contribution in [1.29, 1.82) is 0 Å². The smallest absolute Gasteiger partial charge is 0.245 e. The molecule has 0 aliphatic carbocycles. The highest BCUT2D eigenvalue weighted by Gasteiger charge is 2.40. The van der Waals surface area contributed by atoms with Crippen molar-refractivity contribution in [3.63, 3.8) is 0 Å². The molecule has 2 heterocycles. The number of hydrogen-bond donors (Lipinski definition) is 1. The Bertz CT molecular complexity index is 614. The second kappa shape index (κ2) is 8.64. The molecule has 0 aromatic heterocycles. The van der Waals surface area contributed by atoms with Crippen LogP contribution in [0.4, 0.5) is 0 Å². The summed E-state index contributed by atoms with van der Waals surface area (Å²) in [6.07, 6.45) is 1.60. The Balaban J connectivity index is 1.83. The van der Waals surface area contributed by atoms with Crippen LogP contribution in [0.5, 0.6) is 0 Å². The number of carbonyl (C=O) groups is 2. The minimum Gasteiger partial charge on any atom is -0.379 e. The fourth-order valence-electron chi connectivity index (χ4n) is 3.82. The van der Waals surface area contributed by atoms with Gasteiger partial charge in [0.2, 0.25) is 11.8 Å². The quantitative estimate of drug-likeness (QED) is 0.867. The second-order valence-electron chi connectivity index (χ2n) is 7.31. The highest BCUT2D eigenvalue weighted by molar-refractivity contribution is 5.91. The van der Waals surface area contributed by atoms with Crippen molar-refractivity contribution in [2.75, 3.05) is 32.8 Å². The maximum absolute atomic E-state index is 13.5. The zero-order valence-corrected chi connectivity index (χ0v) is 15.7. The van der Waals surface area contributed by atoms with Gasteiger partial charge in [-0.3, -0.25) is 14.5 Å². The lowest BCUT2D eigenvalue weighted by Crippen LogP contribution is -2.52. The SMILES string of the molecule is CC(C)NC(=O)C1CCCN1C(=O)C(c1ccccc1)N1CCOCC1. The largest absolute Gasteiger partial charge is 0.379 e. The number of rotatable bonds is 5. The lowest BCUT2D eigenvalue weighted by atomic mass is 10.0. The molecular formula is C20H29N3O3. The predicted molar refractivity (Wildman–Crippen MR) is 99.6 cm³/mol. The van der Waals surface area contributed by atoms with Crippen LogP contribution in [0.1, 0.15) is 38.3 Å². The summed E-state index contributed by atoms with van der Waals surface area (Å²) in [4.78, 5) is 30.0. The number of morpholine rings is 1. The van der Waals surface area contributed by atoms with Gasteiger partial charge in [-0.1, -0.05) is 30.3 Å². The number of likely N-dealkylation sites (tertiary alicyclic amines) is 1. The first-order valence-electron chi connectivity index (χ1n) is 9.55. The number of nitrogens with zero attached hydrogens (tertiary/aromatic N) is 2. The normalized spacial score (nSPS) is 22.4. The summed E-state index contributed by atoms with van der Waals surface area (Å²) in [5.74, 6) is -0.0147. The lowest BCUT2D eigenvalue weighted by Gasteiger charge is -2.37. The lowest BCUT2D eigenvalue weighted by molar-refractivity contribution is -0.144. The van der Waals surface area contributed by atoms with E-state index in [0.29, 0.717) is 19.8 Å². The third kappa shape index (κ3) is 4.24. The molecule has 0 saturated carbocycles.